The topological polar surface area (TPSA) is 54.4 Å². The lowest BCUT2D eigenvalue weighted by molar-refractivity contribution is -0.136. The minimum absolute atomic E-state index is 0.00116. The van der Waals surface area contributed by atoms with Gasteiger partial charge < -0.3 is 5.11 Å². The summed E-state index contributed by atoms with van der Waals surface area (Å²) in [5.74, 6) is -0.136. The first-order valence-corrected chi connectivity index (χ1v) is 8.70. The molecule has 0 unspecified atom stereocenters. The maximum Gasteiger partial charge on any atom is 0.328 e. The average Bonchev–Trinajstić information content (AvgIpc) is 2.34. The van der Waals surface area contributed by atoms with Gasteiger partial charge >= 0.3 is 5.97 Å². The number of carboxylic acid groups (broad SMARTS) is 1. The van der Waals surface area contributed by atoms with Crippen molar-refractivity contribution in [2.75, 3.05) is 0 Å². The predicted molar refractivity (Wildman–Crippen MR) is 92.1 cm³/mol. The quantitative estimate of drug-likeness (QED) is 0.759. The SMILES string of the molecule is CC(=CC(=O)O)CC[C@H]1C(C)=CC(=O)[C@H]2C(C)(C)CCC[C@]12C. The molecule has 2 aliphatic carbocycles. The van der Waals surface area contributed by atoms with Crippen LogP contribution in [0.5, 0.6) is 0 Å². The van der Waals surface area contributed by atoms with Gasteiger partial charge in [-0.3, -0.25) is 4.79 Å². The van der Waals surface area contributed by atoms with Gasteiger partial charge in [-0.25, -0.2) is 4.79 Å². The van der Waals surface area contributed by atoms with Gasteiger partial charge in [-0.05, 0) is 62.4 Å². The maximum atomic E-state index is 12.7. The number of carbonyl (C=O) groups is 2. The average molecular weight is 318 g/mol. The van der Waals surface area contributed by atoms with E-state index in [-0.39, 0.29) is 16.7 Å². The maximum absolute atomic E-state index is 12.7. The zero-order chi connectivity index (χ0) is 17.4. The molecule has 1 saturated carbocycles. The van der Waals surface area contributed by atoms with Gasteiger partial charge in [0.1, 0.15) is 0 Å². The van der Waals surface area contributed by atoms with Gasteiger partial charge in [0.05, 0.1) is 0 Å². The number of aliphatic carboxylic acids is 1. The van der Waals surface area contributed by atoms with Crippen molar-refractivity contribution in [3.05, 3.63) is 23.3 Å². The van der Waals surface area contributed by atoms with Gasteiger partial charge in [-0.2, -0.15) is 0 Å². The molecule has 0 saturated heterocycles. The number of carboxylic acids is 1. The van der Waals surface area contributed by atoms with Gasteiger partial charge in [-0.15, -0.1) is 0 Å². The fourth-order valence-corrected chi connectivity index (χ4v) is 5.33. The highest BCUT2D eigenvalue weighted by atomic mass is 16.4. The molecule has 0 aliphatic heterocycles. The van der Waals surface area contributed by atoms with E-state index in [1.165, 1.54) is 18.1 Å². The summed E-state index contributed by atoms with van der Waals surface area (Å²) in [4.78, 5) is 23.5. The van der Waals surface area contributed by atoms with E-state index >= 15 is 0 Å². The molecule has 3 atom stereocenters. The Morgan fingerprint density at radius 2 is 2.00 bits per heavy atom. The number of rotatable bonds is 4. The van der Waals surface area contributed by atoms with Crippen LogP contribution in [0.1, 0.15) is 66.7 Å². The molecule has 128 valence electrons. The van der Waals surface area contributed by atoms with Crippen molar-refractivity contribution in [3.63, 3.8) is 0 Å². The first-order chi connectivity index (χ1) is 10.6. The molecule has 2 rings (SSSR count). The normalized spacial score (nSPS) is 33.9. The summed E-state index contributed by atoms with van der Waals surface area (Å²) >= 11 is 0. The van der Waals surface area contributed by atoms with Crippen molar-refractivity contribution >= 4 is 11.8 Å². The van der Waals surface area contributed by atoms with E-state index in [0.717, 1.165) is 31.3 Å². The Morgan fingerprint density at radius 3 is 2.61 bits per heavy atom. The van der Waals surface area contributed by atoms with Gasteiger partial charge in [0.25, 0.3) is 0 Å². The molecular formula is C20H30O3. The standard InChI is InChI=1S/C20H30O3/c1-13(11-17(22)23)7-8-15-14(2)12-16(21)18-19(3,4)9-6-10-20(15,18)5/h11-12,15,18H,6-10H2,1-5H3,(H,22,23)/t15-,18-,20+/m0/s1. The second-order valence-corrected chi connectivity index (χ2v) is 8.49. The van der Waals surface area contributed by atoms with Gasteiger partial charge in [0, 0.05) is 12.0 Å². The van der Waals surface area contributed by atoms with E-state index in [4.69, 9.17) is 5.11 Å². The molecule has 0 heterocycles. The van der Waals surface area contributed by atoms with Crippen molar-refractivity contribution in [3.8, 4) is 0 Å². The Morgan fingerprint density at radius 1 is 1.35 bits per heavy atom. The molecule has 0 aromatic carbocycles. The summed E-state index contributed by atoms with van der Waals surface area (Å²) in [5.41, 5.74) is 2.12. The number of allylic oxidation sites excluding steroid dienone is 3. The predicted octanol–water partition coefficient (Wildman–Crippen LogP) is 4.78. The van der Waals surface area contributed by atoms with Crippen molar-refractivity contribution in [2.45, 2.75) is 66.7 Å². The van der Waals surface area contributed by atoms with Gasteiger partial charge in [0.2, 0.25) is 0 Å². The Bertz CT molecular complexity index is 567. The van der Waals surface area contributed by atoms with Crippen molar-refractivity contribution in [1.82, 2.24) is 0 Å². The third-order valence-corrected chi connectivity index (χ3v) is 6.17. The Kier molecular flexibility index (Phi) is 4.89. The largest absolute Gasteiger partial charge is 0.478 e. The van der Waals surface area contributed by atoms with Crippen LogP contribution < -0.4 is 0 Å². The van der Waals surface area contributed by atoms with Crippen LogP contribution >= 0.6 is 0 Å². The fraction of sp³-hybridized carbons (Fsp3) is 0.700. The molecule has 2 aliphatic rings. The van der Waals surface area contributed by atoms with Crippen LogP contribution in [0, 0.1) is 22.7 Å². The molecule has 23 heavy (non-hydrogen) atoms. The molecule has 1 fully saturated rings. The van der Waals surface area contributed by atoms with Crippen molar-refractivity contribution in [2.24, 2.45) is 22.7 Å². The molecule has 0 aromatic heterocycles. The van der Waals surface area contributed by atoms with Crippen LogP contribution in [0.3, 0.4) is 0 Å². The van der Waals surface area contributed by atoms with E-state index in [0.29, 0.717) is 11.7 Å². The zero-order valence-electron chi connectivity index (χ0n) is 15.1. The minimum Gasteiger partial charge on any atom is -0.478 e. The van der Waals surface area contributed by atoms with Crippen molar-refractivity contribution in [1.29, 1.82) is 0 Å². The van der Waals surface area contributed by atoms with Crippen LogP contribution in [0.15, 0.2) is 23.3 Å². The number of carbonyl (C=O) groups excluding carboxylic acids is 1. The number of fused-ring (bicyclic) bond motifs is 1. The number of hydrogen-bond donors (Lipinski definition) is 1. The third kappa shape index (κ3) is 3.44. The highest BCUT2D eigenvalue weighted by molar-refractivity contribution is 5.94. The highest BCUT2D eigenvalue weighted by Crippen LogP contribution is 2.59. The summed E-state index contributed by atoms with van der Waals surface area (Å²) < 4.78 is 0. The molecule has 0 amide bonds. The molecule has 0 spiro atoms. The van der Waals surface area contributed by atoms with E-state index < -0.39 is 5.97 Å². The smallest absolute Gasteiger partial charge is 0.328 e. The van der Waals surface area contributed by atoms with Crippen LogP contribution in [0.2, 0.25) is 0 Å². The lowest BCUT2D eigenvalue weighted by atomic mass is 9.48. The van der Waals surface area contributed by atoms with Crippen LogP contribution in [0.25, 0.3) is 0 Å². The molecule has 3 heteroatoms. The third-order valence-electron chi connectivity index (χ3n) is 6.17. The summed E-state index contributed by atoms with van der Waals surface area (Å²) in [5, 5.41) is 8.88. The van der Waals surface area contributed by atoms with Crippen LogP contribution in [-0.2, 0) is 9.59 Å². The van der Waals surface area contributed by atoms with E-state index in [2.05, 4.69) is 27.7 Å². The molecule has 0 radical (unpaired) electrons. The lowest BCUT2D eigenvalue weighted by Gasteiger charge is -2.55. The summed E-state index contributed by atoms with van der Waals surface area (Å²) in [7, 11) is 0. The zero-order valence-corrected chi connectivity index (χ0v) is 15.1. The fourth-order valence-electron chi connectivity index (χ4n) is 5.33. The number of hydrogen-bond acceptors (Lipinski definition) is 2. The second kappa shape index (κ2) is 6.26. The molecule has 3 nitrogen and oxygen atoms in total. The summed E-state index contributed by atoms with van der Waals surface area (Å²) in [6, 6.07) is 0. The Labute approximate surface area is 139 Å². The lowest BCUT2D eigenvalue weighted by Crippen LogP contribution is -2.52. The molecule has 0 aromatic rings. The molecule has 1 N–H and O–H groups in total. The summed E-state index contributed by atoms with van der Waals surface area (Å²) in [6.07, 6.45) is 8.23. The van der Waals surface area contributed by atoms with Crippen LogP contribution in [-0.4, -0.2) is 16.9 Å². The Balaban J connectivity index is 2.29. The number of ketones is 1. The molecular weight excluding hydrogens is 288 g/mol. The van der Waals surface area contributed by atoms with E-state index in [1.807, 2.05) is 13.0 Å². The highest BCUT2D eigenvalue weighted by Gasteiger charge is 2.55. The van der Waals surface area contributed by atoms with Gasteiger partial charge in [-0.1, -0.05) is 38.3 Å². The monoisotopic (exact) mass is 318 g/mol. The van der Waals surface area contributed by atoms with Crippen LogP contribution in [0.4, 0.5) is 0 Å². The molecule has 0 bridgehead atoms. The first-order valence-electron chi connectivity index (χ1n) is 8.70. The Hall–Kier alpha value is -1.38. The van der Waals surface area contributed by atoms with E-state index in [9.17, 15) is 9.59 Å². The second-order valence-electron chi connectivity index (χ2n) is 8.49. The minimum atomic E-state index is -0.878. The van der Waals surface area contributed by atoms with E-state index in [1.54, 1.807) is 0 Å². The first kappa shape index (κ1) is 18.0. The van der Waals surface area contributed by atoms with Crippen molar-refractivity contribution < 1.29 is 14.7 Å². The summed E-state index contributed by atoms with van der Waals surface area (Å²) in [6.45, 7) is 10.7. The van der Waals surface area contributed by atoms with Gasteiger partial charge in [0.15, 0.2) is 5.78 Å².